The van der Waals surface area contributed by atoms with E-state index in [-0.39, 0.29) is 17.1 Å². The number of nitrogens with zero attached hydrogens (tertiary/aromatic N) is 1. The van der Waals surface area contributed by atoms with E-state index in [0.717, 1.165) is 0 Å². The van der Waals surface area contributed by atoms with Gasteiger partial charge in [-0.15, -0.1) is 10.1 Å². The van der Waals surface area contributed by atoms with E-state index in [2.05, 4.69) is 192 Å². The zero-order chi connectivity index (χ0) is 39.9. The Morgan fingerprint density at radius 3 is 0.509 bits per heavy atom. The Hall–Kier alpha value is -4.10. The van der Waals surface area contributed by atoms with Gasteiger partial charge in [-0.05, 0) is 131 Å². The number of aryl methyl sites for hydroxylation is 12. The second kappa shape index (κ2) is 20.2. The summed E-state index contributed by atoms with van der Waals surface area (Å²) in [5, 5.41) is 22.3. The fraction of sp³-hybridized carbons (Fsp3) is 0.250. The Morgan fingerprint density at radius 2 is 0.418 bits per heavy atom. The minimum absolute atomic E-state index is 0. The van der Waals surface area contributed by atoms with Crippen LogP contribution in [0.5, 0.6) is 0 Å². The standard InChI is InChI=1S/2C24H27P.Cu.HNO3/c2*1-16-7-17(2)11-22(10-16)25(23-12-18(3)8-19(4)13-23)24-14-20(5)9-21(6)15-24;;2-1(3)4/h2*7-15H,1-6H3;;(H,2,3,4). The van der Waals surface area contributed by atoms with E-state index in [1.54, 1.807) is 0 Å². The van der Waals surface area contributed by atoms with Crippen LogP contribution in [0, 0.1) is 93.2 Å². The van der Waals surface area contributed by atoms with Crippen molar-refractivity contribution in [2.45, 2.75) is 83.1 Å². The molecular weight excluding hydrogens is 764 g/mol. The molecule has 7 heteroatoms. The van der Waals surface area contributed by atoms with Gasteiger partial charge in [0.1, 0.15) is 0 Å². The maximum atomic E-state index is 8.36. The first-order valence-electron chi connectivity index (χ1n) is 18.3. The number of rotatable bonds is 6. The molecule has 1 radical (unpaired) electrons. The molecule has 0 bridgehead atoms. The molecular formula is C48H55CuNO3P2. The van der Waals surface area contributed by atoms with Crippen molar-refractivity contribution in [3.8, 4) is 0 Å². The van der Waals surface area contributed by atoms with Crippen molar-refractivity contribution < 1.29 is 27.4 Å². The summed E-state index contributed by atoms with van der Waals surface area (Å²) < 4.78 is 0. The third-order valence-electron chi connectivity index (χ3n) is 8.79. The van der Waals surface area contributed by atoms with E-state index < -0.39 is 20.9 Å². The van der Waals surface area contributed by atoms with Gasteiger partial charge in [0.25, 0.3) is 5.09 Å². The van der Waals surface area contributed by atoms with Gasteiger partial charge >= 0.3 is 0 Å². The average Bonchev–Trinajstić information content (AvgIpc) is 2.99. The minimum atomic E-state index is -1.50. The van der Waals surface area contributed by atoms with Gasteiger partial charge in [0.05, 0.1) is 0 Å². The van der Waals surface area contributed by atoms with Gasteiger partial charge in [0.2, 0.25) is 0 Å². The van der Waals surface area contributed by atoms with Crippen molar-refractivity contribution in [2.24, 2.45) is 0 Å². The van der Waals surface area contributed by atoms with E-state index in [1.165, 1.54) is 98.6 Å². The Morgan fingerprint density at radius 1 is 0.327 bits per heavy atom. The zero-order valence-electron chi connectivity index (χ0n) is 34.3. The Labute approximate surface area is 342 Å². The predicted octanol–water partition coefficient (Wildman–Crippen LogP) is 10.2. The molecule has 6 rings (SSSR count). The molecule has 0 aromatic heterocycles. The van der Waals surface area contributed by atoms with Crippen molar-refractivity contribution in [1.82, 2.24) is 0 Å². The van der Waals surface area contributed by atoms with Crippen LogP contribution in [-0.2, 0) is 17.1 Å². The van der Waals surface area contributed by atoms with E-state index in [9.17, 15) is 0 Å². The normalized spacial score (nSPS) is 10.6. The molecule has 0 heterocycles. The molecule has 0 saturated heterocycles. The molecule has 0 aliphatic carbocycles. The van der Waals surface area contributed by atoms with E-state index in [0.29, 0.717) is 0 Å². The molecule has 0 saturated carbocycles. The summed E-state index contributed by atoms with van der Waals surface area (Å²) in [7, 11) is -1.09. The summed E-state index contributed by atoms with van der Waals surface area (Å²) in [6.45, 7) is 26.4. The Bertz CT molecular complexity index is 1760. The van der Waals surface area contributed by atoms with Crippen LogP contribution in [0.2, 0.25) is 0 Å². The van der Waals surface area contributed by atoms with Crippen LogP contribution in [0.1, 0.15) is 66.8 Å². The van der Waals surface area contributed by atoms with Crippen LogP contribution in [-0.4, -0.2) is 10.3 Å². The molecule has 1 N–H and O–H groups in total. The van der Waals surface area contributed by atoms with Crippen molar-refractivity contribution >= 4 is 47.7 Å². The van der Waals surface area contributed by atoms with Gasteiger partial charge in [0, 0.05) is 17.1 Å². The molecule has 291 valence electrons. The third-order valence-corrected chi connectivity index (χ3v) is 13.4. The molecule has 55 heavy (non-hydrogen) atoms. The molecule has 0 spiro atoms. The molecule has 0 unspecified atom stereocenters. The Balaban J connectivity index is 0.000000265. The monoisotopic (exact) mass is 818 g/mol. The third kappa shape index (κ3) is 13.6. The fourth-order valence-electron chi connectivity index (χ4n) is 7.37. The molecule has 0 aliphatic heterocycles. The molecule has 4 nitrogen and oxygen atoms in total. The predicted molar refractivity (Wildman–Crippen MR) is 236 cm³/mol. The van der Waals surface area contributed by atoms with Crippen molar-refractivity contribution in [3.63, 3.8) is 0 Å². The first-order chi connectivity index (χ1) is 25.4. The summed E-state index contributed by atoms with van der Waals surface area (Å²) in [5.74, 6) is 0. The maximum absolute atomic E-state index is 8.36. The van der Waals surface area contributed by atoms with Crippen LogP contribution >= 0.6 is 15.8 Å². The first kappa shape index (κ1) is 45.3. The quantitative estimate of drug-likeness (QED) is 0.0788. The Kier molecular flexibility index (Phi) is 16.6. The summed E-state index contributed by atoms with van der Waals surface area (Å²) in [4.78, 5) is 8.36. The van der Waals surface area contributed by atoms with Crippen LogP contribution < -0.4 is 31.8 Å². The fourth-order valence-corrected chi connectivity index (χ4v) is 13.2. The van der Waals surface area contributed by atoms with Crippen molar-refractivity contribution in [2.75, 3.05) is 0 Å². The largest absolute Gasteiger partial charge is 0.328 e. The van der Waals surface area contributed by atoms with Crippen LogP contribution in [0.3, 0.4) is 0 Å². The van der Waals surface area contributed by atoms with Gasteiger partial charge in [-0.1, -0.05) is 176 Å². The molecule has 0 fully saturated rings. The van der Waals surface area contributed by atoms with Crippen LogP contribution in [0.25, 0.3) is 0 Å². The second-order valence-corrected chi connectivity index (χ2v) is 19.4. The number of hydrogen-bond acceptors (Lipinski definition) is 2. The van der Waals surface area contributed by atoms with E-state index in [4.69, 9.17) is 15.3 Å². The van der Waals surface area contributed by atoms with Crippen LogP contribution in [0.4, 0.5) is 0 Å². The first-order valence-corrected chi connectivity index (χ1v) is 21.0. The maximum Gasteiger partial charge on any atom is 0.291 e. The second-order valence-electron chi connectivity index (χ2n) is 15.0. The van der Waals surface area contributed by atoms with Crippen molar-refractivity contribution in [1.29, 1.82) is 0 Å². The van der Waals surface area contributed by atoms with E-state index in [1.807, 2.05) is 0 Å². The molecule has 6 aromatic carbocycles. The number of hydrogen-bond donors (Lipinski definition) is 1. The number of benzene rings is 6. The van der Waals surface area contributed by atoms with Crippen LogP contribution in [0.15, 0.2) is 109 Å². The van der Waals surface area contributed by atoms with Gasteiger partial charge in [-0.3, -0.25) is 0 Å². The summed E-state index contributed by atoms with van der Waals surface area (Å²) in [6, 6.07) is 42.0. The van der Waals surface area contributed by atoms with E-state index >= 15 is 0 Å². The molecule has 6 aromatic rings. The smallest absolute Gasteiger partial charge is 0.291 e. The topological polar surface area (TPSA) is 63.4 Å². The summed E-state index contributed by atoms with van der Waals surface area (Å²) >= 11 is 0. The summed E-state index contributed by atoms with van der Waals surface area (Å²) in [6.07, 6.45) is 0. The van der Waals surface area contributed by atoms with Gasteiger partial charge in [0.15, 0.2) is 0 Å². The van der Waals surface area contributed by atoms with Crippen molar-refractivity contribution in [3.05, 3.63) is 186 Å². The van der Waals surface area contributed by atoms with Gasteiger partial charge in [-0.2, -0.15) is 0 Å². The average molecular weight is 819 g/mol. The molecule has 0 amide bonds. The SMILES string of the molecule is Cc1cc(C)cc(P(c2cc(C)cc(C)c2)c2cc(C)cc(C)c2)c1.Cc1cc(C)cc(P(c2cc(C)cc(C)c2)c2cc(C)cc(C)c2)c1.O=[N+]([O-])O.[Cu]. The zero-order valence-corrected chi connectivity index (χ0v) is 37.0. The molecule has 0 aliphatic rings. The summed E-state index contributed by atoms with van der Waals surface area (Å²) in [5.41, 5.74) is 16.1. The van der Waals surface area contributed by atoms with Gasteiger partial charge < -0.3 is 5.21 Å². The molecule has 0 atom stereocenters. The van der Waals surface area contributed by atoms with Gasteiger partial charge in [-0.25, -0.2) is 0 Å². The minimum Gasteiger partial charge on any atom is -0.328 e.